The highest BCUT2D eigenvalue weighted by Crippen LogP contribution is 2.26. The van der Waals surface area contributed by atoms with Crippen molar-refractivity contribution in [3.63, 3.8) is 0 Å². The van der Waals surface area contributed by atoms with Gasteiger partial charge in [0.05, 0.1) is 36.0 Å². The summed E-state index contributed by atoms with van der Waals surface area (Å²) in [6, 6.07) is 9.93. The van der Waals surface area contributed by atoms with Crippen molar-refractivity contribution in [2.45, 2.75) is 45.8 Å². The molecule has 2 aromatic heterocycles. The van der Waals surface area contributed by atoms with E-state index in [0.717, 1.165) is 53.5 Å². The predicted octanol–water partition coefficient (Wildman–Crippen LogP) is 3.69. The van der Waals surface area contributed by atoms with Gasteiger partial charge in [-0.2, -0.15) is 5.10 Å². The summed E-state index contributed by atoms with van der Waals surface area (Å²) in [5.74, 6) is 1.94. The minimum atomic E-state index is -0.0327. The molecule has 182 valence electrons. The second-order valence-electron chi connectivity index (χ2n) is 8.83. The van der Waals surface area contributed by atoms with Crippen LogP contribution in [0.1, 0.15) is 31.7 Å². The van der Waals surface area contributed by atoms with Crippen LogP contribution in [0.3, 0.4) is 0 Å². The topological polar surface area (TPSA) is 90.1 Å². The van der Waals surface area contributed by atoms with E-state index in [2.05, 4.69) is 43.9 Å². The normalized spacial score (nSPS) is 14.1. The Kier molecular flexibility index (Phi) is 7.89. The number of anilines is 2. The maximum absolute atomic E-state index is 12.7. The van der Waals surface area contributed by atoms with E-state index in [1.165, 1.54) is 0 Å². The number of nitrogens with one attached hydrogen (secondary N) is 1. The van der Waals surface area contributed by atoms with Crippen LogP contribution in [0.5, 0.6) is 0 Å². The number of carbonyl (C=O) groups is 1. The molecule has 3 heterocycles. The van der Waals surface area contributed by atoms with Crippen molar-refractivity contribution in [1.82, 2.24) is 24.5 Å². The van der Waals surface area contributed by atoms with Gasteiger partial charge in [-0.15, -0.1) is 10.2 Å². The number of ether oxygens (including phenoxy) is 1. The van der Waals surface area contributed by atoms with Crippen LogP contribution < -0.4 is 10.2 Å². The molecule has 1 aromatic carbocycles. The fourth-order valence-corrected chi connectivity index (χ4v) is 4.87. The zero-order valence-electron chi connectivity index (χ0n) is 20.3. The summed E-state index contributed by atoms with van der Waals surface area (Å²) < 4.78 is 9.52. The summed E-state index contributed by atoms with van der Waals surface area (Å²) >= 11 is 1.57. The number of carbonyl (C=O) groups excluding carboxylic acids is 1. The molecule has 3 aromatic rings. The molecule has 1 aliphatic heterocycles. The molecule has 10 heteroatoms. The molecule has 1 fully saturated rings. The van der Waals surface area contributed by atoms with Crippen molar-refractivity contribution < 1.29 is 9.53 Å². The molecule has 0 aliphatic carbocycles. The first kappa shape index (κ1) is 24.3. The lowest BCUT2D eigenvalue weighted by molar-refractivity contribution is -0.115. The van der Waals surface area contributed by atoms with Gasteiger partial charge in [0, 0.05) is 31.8 Å². The van der Waals surface area contributed by atoms with Crippen LogP contribution in [0, 0.1) is 19.8 Å². The summed E-state index contributed by atoms with van der Waals surface area (Å²) in [6.45, 7) is 12.1. The van der Waals surface area contributed by atoms with E-state index in [-0.39, 0.29) is 5.91 Å². The number of para-hydroxylation sites is 1. The Bertz CT molecular complexity index is 1100. The Labute approximate surface area is 204 Å². The molecule has 34 heavy (non-hydrogen) atoms. The summed E-state index contributed by atoms with van der Waals surface area (Å²) in [5, 5.41) is 17.4. The fourth-order valence-electron chi connectivity index (χ4n) is 3.99. The highest BCUT2D eigenvalue weighted by Gasteiger charge is 2.21. The molecule has 1 aliphatic rings. The zero-order valence-corrected chi connectivity index (χ0v) is 21.1. The number of hydrogen-bond acceptors (Lipinski definition) is 7. The Balaban J connectivity index is 1.38. The molecule has 0 spiro atoms. The minimum Gasteiger partial charge on any atom is -0.378 e. The number of hydrogen-bond donors (Lipinski definition) is 1. The number of aromatic nitrogens is 5. The van der Waals surface area contributed by atoms with Crippen molar-refractivity contribution in [2.24, 2.45) is 5.92 Å². The Hall–Kier alpha value is -2.85. The first-order chi connectivity index (χ1) is 16.4. The van der Waals surface area contributed by atoms with Crippen LogP contribution in [-0.4, -0.2) is 62.5 Å². The molecular formula is C24H33N7O2S. The van der Waals surface area contributed by atoms with Gasteiger partial charge < -0.3 is 15.0 Å². The number of benzene rings is 1. The average Bonchev–Trinajstić information content (AvgIpc) is 3.35. The number of amides is 1. The predicted molar refractivity (Wildman–Crippen MR) is 135 cm³/mol. The van der Waals surface area contributed by atoms with E-state index < -0.39 is 0 Å². The Morgan fingerprint density at radius 3 is 2.59 bits per heavy atom. The first-order valence-corrected chi connectivity index (χ1v) is 12.7. The van der Waals surface area contributed by atoms with Gasteiger partial charge in [-0.05, 0) is 31.9 Å². The van der Waals surface area contributed by atoms with E-state index in [1.807, 2.05) is 48.9 Å². The van der Waals surface area contributed by atoms with Crippen molar-refractivity contribution >= 4 is 29.3 Å². The van der Waals surface area contributed by atoms with Gasteiger partial charge in [0.1, 0.15) is 0 Å². The third-order valence-corrected chi connectivity index (χ3v) is 6.62. The quantitative estimate of drug-likeness (QED) is 0.464. The van der Waals surface area contributed by atoms with Gasteiger partial charge in [0.25, 0.3) is 0 Å². The number of nitrogens with zero attached hydrogens (tertiary/aromatic N) is 6. The molecule has 0 atom stereocenters. The van der Waals surface area contributed by atoms with E-state index in [1.54, 1.807) is 11.8 Å². The maximum Gasteiger partial charge on any atom is 0.228 e. The van der Waals surface area contributed by atoms with Crippen LogP contribution in [0.4, 0.5) is 11.6 Å². The molecule has 1 saturated heterocycles. The van der Waals surface area contributed by atoms with Gasteiger partial charge in [-0.1, -0.05) is 43.8 Å². The summed E-state index contributed by atoms with van der Waals surface area (Å²) in [4.78, 5) is 15.0. The minimum absolute atomic E-state index is 0.0327. The second-order valence-corrected chi connectivity index (χ2v) is 9.89. The average molecular weight is 484 g/mol. The summed E-state index contributed by atoms with van der Waals surface area (Å²) in [6.07, 6.45) is 0.376. The van der Waals surface area contributed by atoms with Gasteiger partial charge in [0.2, 0.25) is 11.9 Å². The largest absolute Gasteiger partial charge is 0.378 e. The standard InChI is InChI=1S/C24H33N7O2S/c1-17(2)16-30-23(29-11-13-33-14-12-29)26-27-24(30)34-15-10-21(32)25-22-18(3)28-31(19(22)4)20-8-6-5-7-9-20/h5-9,17H,10-16H2,1-4H3,(H,25,32). The second kappa shape index (κ2) is 11.1. The lowest BCUT2D eigenvalue weighted by atomic mass is 10.2. The SMILES string of the molecule is Cc1nn(-c2ccccc2)c(C)c1NC(=O)CCSc1nnc(N2CCOCC2)n1CC(C)C. The number of aryl methyl sites for hydroxylation is 1. The van der Waals surface area contributed by atoms with Gasteiger partial charge in [-0.3, -0.25) is 9.36 Å². The number of thioether (sulfide) groups is 1. The molecule has 0 radical (unpaired) electrons. The van der Waals surface area contributed by atoms with E-state index in [0.29, 0.717) is 31.3 Å². The van der Waals surface area contributed by atoms with Crippen LogP contribution in [-0.2, 0) is 16.1 Å². The Morgan fingerprint density at radius 1 is 1.15 bits per heavy atom. The lowest BCUT2D eigenvalue weighted by Crippen LogP contribution is -2.38. The van der Waals surface area contributed by atoms with Crippen LogP contribution >= 0.6 is 11.8 Å². The molecular weight excluding hydrogens is 450 g/mol. The van der Waals surface area contributed by atoms with Crippen LogP contribution in [0.2, 0.25) is 0 Å². The molecule has 4 rings (SSSR count). The van der Waals surface area contributed by atoms with Crippen molar-refractivity contribution in [1.29, 1.82) is 0 Å². The van der Waals surface area contributed by atoms with Gasteiger partial charge >= 0.3 is 0 Å². The van der Waals surface area contributed by atoms with E-state index in [9.17, 15) is 4.79 Å². The molecule has 0 unspecified atom stereocenters. The smallest absolute Gasteiger partial charge is 0.228 e. The van der Waals surface area contributed by atoms with Gasteiger partial charge in [-0.25, -0.2) is 4.68 Å². The summed E-state index contributed by atoms with van der Waals surface area (Å²) in [7, 11) is 0. The molecule has 9 nitrogen and oxygen atoms in total. The first-order valence-electron chi connectivity index (χ1n) is 11.7. The third kappa shape index (κ3) is 5.61. The third-order valence-electron chi connectivity index (χ3n) is 5.66. The molecule has 0 saturated carbocycles. The fraction of sp³-hybridized carbons (Fsp3) is 0.500. The molecule has 0 bridgehead atoms. The molecule has 1 N–H and O–H groups in total. The van der Waals surface area contributed by atoms with E-state index in [4.69, 9.17) is 4.74 Å². The van der Waals surface area contributed by atoms with E-state index >= 15 is 0 Å². The zero-order chi connectivity index (χ0) is 24.1. The number of morpholine rings is 1. The highest BCUT2D eigenvalue weighted by atomic mass is 32.2. The number of rotatable bonds is 9. The molecule has 1 amide bonds. The lowest BCUT2D eigenvalue weighted by Gasteiger charge is -2.28. The van der Waals surface area contributed by atoms with Gasteiger partial charge in [0.15, 0.2) is 5.16 Å². The monoisotopic (exact) mass is 483 g/mol. The Morgan fingerprint density at radius 2 is 1.88 bits per heavy atom. The van der Waals surface area contributed by atoms with Crippen molar-refractivity contribution in [3.8, 4) is 5.69 Å². The maximum atomic E-state index is 12.7. The van der Waals surface area contributed by atoms with Crippen LogP contribution in [0.15, 0.2) is 35.5 Å². The summed E-state index contributed by atoms with van der Waals surface area (Å²) in [5.41, 5.74) is 3.46. The highest BCUT2D eigenvalue weighted by molar-refractivity contribution is 7.99. The van der Waals surface area contributed by atoms with Crippen molar-refractivity contribution in [3.05, 3.63) is 41.7 Å². The van der Waals surface area contributed by atoms with Crippen molar-refractivity contribution in [2.75, 3.05) is 42.3 Å². The van der Waals surface area contributed by atoms with Crippen LogP contribution in [0.25, 0.3) is 5.69 Å².